The number of carboxylic acid groups (broad SMARTS) is 1. The molecule has 0 aromatic heterocycles. The Bertz CT molecular complexity index is 292. The number of carbonyl (C=O) groups is 1. The van der Waals surface area contributed by atoms with Gasteiger partial charge in [-0.1, -0.05) is 13.7 Å². The van der Waals surface area contributed by atoms with Crippen molar-refractivity contribution in [2.75, 3.05) is 0 Å². The summed E-state index contributed by atoms with van der Waals surface area (Å²) < 4.78 is 56.7. The standard InChI is InChI=1S/C6H13NO2/c1-4(2)3-5(7)6(8)9/h4-5H,3,7H2,1-2H3,(H,8,9)/t5-/m0/s1/i1D3,2D3,4D,5D. The molecule has 0 radical (unpaired) electrons. The van der Waals surface area contributed by atoms with Crippen LogP contribution < -0.4 is 5.73 Å². The van der Waals surface area contributed by atoms with Crippen LogP contribution in [0.25, 0.3) is 0 Å². The van der Waals surface area contributed by atoms with E-state index in [1.54, 1.807) is 0 Å². The van der Waals surface area contributed by atoms with Crippen molar-refractivity contribution in [1.82, 2.24) is 0 Å². The largest absolute Gasteiger partial charge is 0.480 e. The highest BCUT2D eigenvalue weighted by molar-refractivity contribution is 5.72. The van der Waals surface area contributed by atoms with Crippen molar-refractivity contribution in [3.05, 3.63) is 0 Å². The Kier molecular flexibility index (Phi) is 0.750. The second kappa shape index (κ2) is 3.45. The minimum Gasteiger partial charge on any atom is -0.480 e. The van der Waals surface area contributed by atoms with E-state index in [0.717, 1.165) is 0 Å². The van der Waals surface area contributed by atoms with Crippen LogP contribution in [0.15, 0.2) is 0 Å². The Morgan fingerprint density at radius 2 is 2.56 bits per heavy atom. The van der Waals surface area contributed by atoms with Gasteiger partial charge < -0.3 is 10.8 Å². The van der Waals surface area contributed by atoms with Gasteiger partial charge in [-0.3, -0.25) is 4.79 Å². The second-order valence-corrected chi connectivity index (χ2v) is 1.49. The molecule has 0 bridgehead atoms. The first kappa shape index (κ1) is 1.95. The van der Waals surface area contributed by atoms with Crippen LogP contribution in [0.3, 0.4) is 0 Å². The number of hydrogen-bond acceptors (Lipinski definition) is 2. The van der Waals surface area contributed by atoms with Crippen LogP contribution >= 0.6 is 0 Å². The number of carboxylic acids is 1. The molecule has 3 N–H and O–H groups in total. The molecule has 54 valence electrons. The number of rotatable bonds is 3. The Hall–Kier alpha value is -0.570. The van der Waals surface area contributed by atoms with E-state index in [1.807, 2.05) is 0 Å². The fraction of sp³-hybridized carbons (Fsp3) is 0.833. The van der Waals surface area contributed by atoms with Gasteiger partial charge in [-0.2, -0.15) is 0 Å². The summed E-state index contributed by atoms with van der Waals surface area (Å²) in [5, 5.41) is 8.57. The Labute approximate surface area is 66.1 Å². The van der Waals surface area contributed by atoms with Crippen LogP contribution in [0.5, 0.6) is 0 Å². The first-order valence-electron chi connectivity index (χ1n) is 6.17. The van der Waals surface area contributed by atoms with E-state index in [-0.39, 0.29) is 0 Å². The van der Waals surface area contributed by atoms with E-state index >= 15 is 0 Å². The molecule has 0 heterocycles. The SMILES string of the molecule is [2H]C([2H])([2H])C([2H])(C[C@]([2H])(N)C(=O)O)C([2H])([2H])[2H]. The third-order valence-corrected chi connectivity index (χ3v) is 0.642. The number of nitrogens with two attached hydrogens (primary N) is 1. The zero-order chi connectivity index (χ0) is 14.3. The maximum atomic E-state index is 10.6. The molecular weight excluding hydrogens is 118 g/mol. The van der Waals surface area contributed by atoms with E-state index in [0.29, 0.717) is 0 Å². The molecule has 0 rings (SSSR count). The van der Waals surface area contributed by atoms with Gasteiger partial charge in [0.2, 0.25) is 0 Å². The van der Waals surface area contributed by atoms with Gasteiger partial charge in [-0.15, -0.1) is 0 Å². The normalized spacial score (nSPS) is 34.3. The van der Waals surface area contributed by atoms with Crippen molar-refractivity contribution < 1.29 is 20.9 Å². The lowest BCUT2D eigenvalue weighted by Crippen LogP contribution is -2.31. The van der Waals surface area contributed by atoms with Gasteiger partial charge in [0, 0.05) is 9.60 Å². The predicted octanol–water partition coefficient (Wildman–Crippen LogP) is 0.444. The van der Waals surface area contributed by atoms with Gasteiger partial charge in [0.25, 0.3) is 0 Å². The quantitative estimate of drug-likeness (QED) is 0.596. The van der Waals surface area contributed by atoms with Crippen LogP contribution in [-0.2, 0) is 4.79 Å². The van der Waals surface area contributed by atoms with Gasteiger partial charge in [0.1, 0.15) is 6.02 Å². The van der Waals surface area contributed by atoms with E-state index < -0.39 is 38.0 Å². The maximum absolute atomic E-state index is 10.6. The molecular formula is C6H13NO2. The highest BCUT2D eigenvalue weighted by atomic mass is 16.4. The van der Waals surface area contributed by atoms with Crippen LogP contribution in [0.2, 0.25) is 0 Å². The van der Waals surface area contributed by atoms with E-state index in [1.165, 1.54) is 0 Å². The monoisotopic (exact) mass is 139 g/mol. The molecule has 1 atom stereocenters. The van der Waals surface area contributed by atoms with Crippen molar-refractivity contribution in [3.63, 3.8) is 0 Å². The highest BCUT2D eigenvalue weighted by Gasteiger charge is 2.11. The molecule has 0 aliphatic carbocycles. The second-order valence-electron chi connectivity index (χ2n) is 1.49. The average molecular weight is 139 g/mol. The molecule has 0 aliphatic rings. The summed E-state index contributed by atoms with van der Waals surface area (Å²) in [6, 6.07) is -2.84. The minimum absolute atomic E-state index is 1.33. The third kappa shape index (κ3) is 3.97. The zero-order valence-electron chi connectivity index (χ0n) is 12.6. The average Bonchev–Trinajstić information content (AvgIpc) is 1.98. The molecule has 0 fully saturated rings. The summed E-state index contributed by atoms with van der Waals surface area (Å²) in [5.41, 5.74) is 4.99. The van der Waals surface area contributed by atoms with Gasteiger partial charge >= 0.3 is 5.97 Å². The lowest BCUT2D eigenvalue weighted by atomic mass is 10.1. The molecule has 0 aromatic rings. The smallest absolute Gasteiger partial charge is 0.320 e. The molecule has 9 heavy (non-hydrogen) atoms. The molecule has 0 spiro atoms. The van der Waals surface area contributed by atoms with Crippen LogP contribution in [0.4, 0.5) is 0 Å². The van der Waals surface area contributed by atoms with Crippen molar-refractivity contribution in [2.24, 2.45) is 11.6 Å². The van der Waals surface area contributed by atoms with Crippen LogP contribution in [0.1, 0.15) is 31.1 Å². The van der Waals surface area contributed by atoms with E-state index in [4.69, 9.17) is 21.8 Å². The first-order chi connectivity index (χ1) is 7.15. The van der Waals surface area contributed by atoms with E-state index in [9.17, 15) is 4.79 Å². The fourth-order valence-corrected chi connectivity index (χ4v) is 0.266. The molecule has 0 unspecified atom stereocenters. The highest BCUT2D eigenvalue weighted by Crippen LogP contribution is 2.01. The summed E-state index contributed by atoms with van der Waals surface area (Å²) in [4.78, 5) is 10.6. The van der Waals surface area contributed by atoms with Crippen LogP contribution in [-0.4, -0.2) is 17.1 Å². The molecule has 0 aromatic carbocycles. The number of aliphatic carboxylic acids is 1. The first-order valence-corrected chi connectivity index (χ1v) is 2.17. The topological polar surface area (TPSA) is 63.3 Å². The van der Waals surface area contributed by atoms with Crippen molar-refractivity contribution >= 4 is 5.97 Å². The minimum atomic E-state index is -3.28. The molecule has 3 heteroatoms. The molecule has 3 nitrogen and oxygen atoms in total. The lowest BCUT2D eigenvalue weighted by Gasteiger charge is -2.07. The number of hydrogen-bond donors (Lipinski definition) is 2. The summed E-state index contributed by atoms with van der Waals surface area (Å²) in [7, 11) is 0. The lowest BCUT2D eigenvalue weighted by molar-refractivity contribution is -0.138. The van der Waals surface area contributed by atoms with Gasteiger partial charge in [0.05, 0.1) is 1.37 Å². The summed E-state index contributed by atoms with van der Waals surface area (Å²) in [5.74, 6) is -4.99. The van der Waals surface area contributed by atoms with Gasteiger partial charge in [-0.25, -0.2) is 0 Å². The van der Waals surface area contributed by atoms with Crippen molar-refractivity contribution in [1.29, 1.82) is 0 Å². The van der Waals surface area contributed by atoms with Crippen molar-refractivity contribution in [3.8, 4) is 0 Å². The molecule has 0 saturated carbocycles. The Morgan fingerprint density at radius 1 is 2.00 bits per heavy atom. The van der Waals surface area contributed by atoms with Gasteiger partial charge in [0.15, 0.2) is 0 Å². The summed E-state index contributed by atoms with van der Waals surface area (Å²) >= 11 is 0. The maximum Gasteiger partial charge on any atom is 0.320 e. The molecule has 0 saturated heterocycles. The fourth-order valence-electron chi connectivity index (χ4n) is 0.266. The van der Waals surface area contributed by atoms with Crippen molar-refractivity contribution in [2.45, 2.75) is 26.1 Å². The molecule has 0 amide bonds. The Balaban J connectivity index is 5.49. The summed E-state index contributed by atoms with van der Waals surface area (Å²) in [6.07, 6.45) is -1.33. The van der Waals surface area contributed by atoms with Gasteiger partial charge in [-0.05, 0) is 12.3 Å². The third-order valence-electron chi connectivity index (χ3n) is 0.642. The zero-order valence-corrected chi connectivity index (χ0v) is 4.64. The predicted molar refractivity (Wildman–Crippen MR) is 35.1 cm³/mol. The summed E-state index contributed by atoms with van der Waals surface area (Å²) in [6.45, 7) is -6.56. The van der Waals surface area contributed by atoms with E-state index in [2.05, 4.69) is 0 Å². The Morgan fingerprint density at radius 3 is 2.89 bits per heavy atom. The van der Waals surface area contributed by atoms with Crippen LogP contribution in [0, 0.1) is 5.89 Å². The molecule has 0 aliphatic heterocycles.